The number of fused-ring (bicyclic) bond motifs is 3. The van der Waals surface area contributed by atoms with E-state index in [4.69, 9.17) is 23.2 Å². The summed E-state index contributed by atoms with van der Waals surface area (Å²) in [6, 6.07) is 13.1. The number of nitrogens with zero attached hydrogens (tertiary/aromatic N) is 1. The average Bonchev–Trinajstić information content (AvgIpc) is 3.03. The van der Waals surface area contributed by atoms with Crippen molar-refractivity contribution >= 4 is 40.0 Å². The van der Waals surface area contributed by atoms with Crippen molar-refractivity contribution in [1.29, 1.82) is 0 Å². The minimum atomic E-state index is -0.224. The van der Waals surface area contributed by atoms with Gasteiger partial charge in [-0.2, -0.15) is 0 Å². The summed E-state index contributed by atoms with van der Waals surface area (Å²) in [5.41, 5.74) is 4.29. The summed E-state index contributed by atoms with van der Waals surface area (Å²) in [5, 5.41) is 12.3. The molecule has 0 saturated carbocycles. The first-order chi connectivity index (χ1) is 13.0. The van der Waals surface area contributed by atoms with E-state index in [1.54, 1.807) is 12.1 Å². The number of aromatic amines is 1. The quantitative estimate of drug-likeness (QED) is 0.673. The SMILES string of the molecule is O=C(CC(CO)c1ccc(Cl)cc1)N1CCc2c([nH]c3ccc(Cl)cc23)C1. The van der Waals surface area contributed by atoms with Gasteiger partial charge in [-0.05, 0) is 47.9 Å². The van der Waals surface area contributed by atoms with Gasteiger partial charge in [-0.1, -0.05) is 35.3 Å². The summed E-state index contributed by atoms with van der Waals surface area (Å²) in [6.07, 6.45) is 1.08. The molecule has 2 aromatic carbocycles. The van der Waals surface area contributed by atoms with Gasteiger partial charge in [-0.3, -0.25) is 4.79 Å². The summed E-state index contributed by atoms with van der Waals surface area (Å²) in [7, 11) is 0. The Kier molecular flexibility index (Phi) is 5.13. The number of hydrogen-bond donors (Lipinski definition) is 2. The molecule has 0 bridgehead atoms. The Morgan fingerprint density at radius 3 is 2.63 bits per heavy atom. The number of aliphatic hydroxyl groups excluding tert-OH is 1. The molecule has 1 unspecified atom stereocenters. The Balaban J connectivity index is 1.50. The number of hydrogen-bond acceptors (Lipinski definition) is 2. The van der Waals surface area contributed by atoms with Crippen LogP contribution in [0.2, 0.25) is 10.0 Å². The van der Waals surface area contributed by atoms with Crippen molar-refractivity contribution in [1.82, 2.24) is 9.88 Å². The van der Waals surface area contributed by atoms with E-state index >= 15 is 0 Å². The van der Waals surface area contributed by atoms with Gasteiger partial charge < -0.3 is 15.0 Å². The average molecular weight is 403 g/mol. The van der Waals surface area contributed by atoms with Crippen LogP contribution >= 0.6 is 23.2 Å². The Morgan fingerprint density at radius 2 is 1.89 bits per heavy atom. The Morgan fingerprint density at radius 1 is 1.15 bits per heavy atom. The van der Waals surface area contributed by atoms with Crippen LogP contribution in [0.25, 0.3) is 10.9 Å². The van der Waals surface area contributed by atoms with E-state index in [0.29, 0.717) is 18.1 Å². The molecule has 2 N–H and O–H groups in total. The number of benzene rings is 2. The third kappa shape index (κ3) is 3.70. The molecule has 4 nitrogen and oxygen atoms in total. The van der Waals surface area contributed by atoms with Crippen molar-refractivity contribution in [3.8, 4) is 0 Å². The highest BCUT2D eigenvalue weighted by molar-refractivity contribution is 6.31. The highest BCUT2D eigenvalue weighted by atomic mass is 35.5. The molecule has 140 valence electrons. The highest BCUT2D eigenvalue weighted by Crippen LogP contribution is 2.30. The van der Waals surface area contributed by atoms with E-state index in [9.17, 15) is 9.90 Å². The maximum absolute atomic E-state index is 12.8. The standard InChI is InChI=1S/C21H20Cl2N2O2/c22-15-3-1-13(2-4-15)14(12-26)9-21(27)25-8-7-17-18-10-16(23)5-6-19(18)24-20(17)11-25/h1-6,10,14,24,26H,7-9,11-12H2. The van der Waals surface area contributed by atoms with Gasteiger partial charge in [0, 0.05) is 45.5 Å². The minimum Gasteiger partial charge on any atom is -0.396 e. The smallest absolute Gasteiger partial charge is 0.223 e. The predicted octanol–water partition coefficient (Wildman–Crippen LogP) is 4.53. The fourth-order valence-electron chi connectivity index (χ4n) is 3.79. The van der Waals surface area contributed by atoms with E-state index in [2.05, 4.69) is 4.98 Å². The number of aliphatic hydroxyl groups is 1. The summed E-state index contributed by atoms with van der Waals surface area (Å²) < 4.78 is 0. The third-order valence-corrected chi connectivity index (χ3v) is 5.76. The second kappa shape index (κ2) is 7.55. The van der Waals surface area contributed by atoms with Crippen LogP contribution in [-0.2, 0) is 17.8 Å². The van der Waals surface area contributed by atoms with Gasteiger partial charge in [0.1, 0.15) is 0 Å². The molecule has 2 heterocycles. The van der Waals surface area contributed by atoms with Crippen molar-refractivity contribution in [3.63, 3.8) is 0 Å². The molecule has 0 fully saturated rings. The predicted molar refractivity (Wildman–Crippen MR) is 108 cm³/mol. The molecular weight excluding hydrogens is 383 g/mol. The molecule has 4 rings (SSSR count). The zero-order chi connectivity index (χ0) is 19.0. The van der Waals surface area contributed by atoms with Gasteiger partial charge in [0.05, 0.1) is 13.2 Å². The Bertz CT molecular complexity index is 982. The Labute approximate surface area is 167 Å². The molecule has 1 amide bonds. The van der Waals surface area contributed by atoms with Crippen LogP contribution in [0.15, 0.2) is 42.5 Å². The lowest BCUT2D eigenvalue weighted by atomic mass is 9.95. The normalized spacial score (nSPS) is 15.0. The van der Waals surface area contributed by atoms with E-state index < -0.39 is 0 Å². The second-order valence-electron chi connectivity index (χ2n) is 6.97. The van der Waals surface area contributed by atoms with Gasteiger partial charge >= 0.3 is 0 Å². The van der Waals surface area contributed by atoms with Crippen molar-refractivity contribution in [2.45, 2.75) is 25.3 Å². The zero-order valence-electron chi connectivity index (χ0n) is 14.7. The fourth-order valence-corrected chi connectivity index (χ4v) is 4.09. The molecule has 27 heavy (non-hydrogen) atoms. The number of carbonyl (C=O) groups is 1. The molecule has 0 saturated heterocycles. The van der Waals surface area contributed by atoms with E-state index in [1.165, 1.54) is 5.56 Å². The maximum atomic E-state index is 12.8. The van der Waals surface area contributed by atoms with Crippen LogP contribution in [0.3, 0.4) is 0 Å². The van der Waals surface area contributed by atoms with Crippen molar-refractivity contribution in [2.75, 3.05) is 13.2 Å². The molecule has 1 aromatic heterocycles. The Hall–Kier alpha value is -2.01. The van der Waals surface area contributed by atoms with Crippen LogP contribution in [-0.4, -0.2) is 34.0 Å². The first-order valence-electron chi connectivity index (χ1n) is 8.98. The molecular formula is C21H20Cl2N2O2. The van der Waals surface area contributed by atoms with Gasteiger partial charge in [0.2, 0.25) is 5.91 Å². The van der Waals surface area contributed by atoms with Crippen LogP contribution in [0.5, 0.6) is 0 Å². The molecule has 0 aliphatic carbocycles. The van der Waals surface area contributed by atoms with Crippen LogP contribution in [0, 0.1) is 0 Å². The molecule has 0 radical (unpaired) electrons. The highest BCUT2D eigenvalue weighted by Gasteiger charge is 2.26. The van der Waals surface area contributed by atoms with Crippen LogP contribution in [0.4, 0.5) is 0 Å². The third-order valence-electron chi connectivity index (χ3n) is 5.27. The van der Waals surface area contributed by atoms with Gasteiger partial charge in [0.25, 0.3) is 0 Å². The number of aromatic nitrogens is 1. The van der Waals surface area contributed by atoms with E-state index in [-0.39, 0.29) is 24.9 Å². The molecule has 1 aliphatic rings. The van der Waals surface area contributed by atoms with Crippen molar-refractivity contribution < 1.29 is 9.90 Å². The fraction of sp³-hybridized carbons (Fsp3) is 0.286. The van der Waals surface area contributed by atoms with Crippen molar-refractivity contribution in [2.24, 2.45) is 0 Å². The monoisotopic (exact) mass is 402 g/mol. The number of nitrogens with one attached hydrogen (secondary N) is 1. The molecule has 1 atom stereocenters. The summed E-state index contributed by atoms with van der Waals surface area (Å²) in [4.78, 5) is 18.1. The molecule has 1 aliphatic heterocycles. The number of H-pyrrole nitrogens is 1. The summed E-state index contributed by atoms with van der Waals surface area (Å²) in [6.45, 7) is 1.15. The number of amides is 1. The molecule has 0 spiro atoms. The van der Waals surface area contributed by atoms with Gasteiger partial charge in [-0.25, -0.2) is 0 Å². The summed E-state index contributed by atoms with van der Waals surface area (Å²) >= 11 is 12.1. The molecule has 3 aromatic rings. The first kappa shape index (κ1) is 18.4. The first-order valence-corrected chi connectivity index (χ1v) is 9.74. The minimum absolute atomic E-state index is 0.0475. The lowest BCUT2D eigenvalue weighted by Gasteiger charge is -2.28. The van der Waals surface area contributed by atoms with Gasteiger partial charge in [-0.15, -0.1) is 0 Å². The van der Waals surface area contributed by atoms with E-state index in [1.807, 2.05) is 35.2 Å². The topological polar surface area (TPSA) is 56.3 Å². The van der Waals surface area contributed by atoms with Crippen LogP contribution < -0.4 is 0 Å². The second-order valence-corrected chi connectivity index (χ2v) is 7.85. The largest absolute Gasteiger partial charge is 0.396 e. The van der Waals surface area contributed by atoms with Crippen LogP contribution in [0.1, 0.15) is 29.2 Å². The summed E-state index contributed by atoms with van der Waals surface area (Å²) in [5.74, 6) is -0.177. The lowest BCUT2D eigenvalue weighted by molar-refractivity contribution is -0.132. The lowest BCUT2D eigenvalue weighted by Crippen LogP contribution is -2.36. The zero-order valence-corrected chi connectivity index (χ0v) is 16.2. The van der Waals surface area contributed by atoms with E-state index in [0.717, 1.165) is 33.6 Å². The number of rotatable bonds is 4. The number of halogens is 2. The van der Waals surface area contributed by atoms with Gasteiger partial charge in [0.15, 0.2) is 0 Å². The van der Waals surface area contributed by atoms with Crippen molar-refractivity contribution in [3.05, 3.63) is 69.3 Å². The maximum Gasteiger partial charge on any atom is 0.223 e. The molecule has 6 heteroatoms. The number of carbonyl (C=O) groups excluding carboxylic acids is 1.